The largest absolute Gasteiger partial charge is 0.359 e. The second kappa shape index (κ2) is 6.47. The third-order valence-electron chi connectivity index (χ3n) is 3.75. The van der Waals surface area contributed by atoms with Crippen LogP contribution in [-0.2, 0) is 6.42 Å². The summed E-state index contributed by atoms with van der Waals surface area (Å²) in [7, 11) is 0. The normalized spacial score (nSPS) is 26.4. The van der Waals surface area contributed by atoms with Crippen molar-refractivity contribution in [2.45, 2.75) is 51.6 Å². The maximum absolute atomic E-state index is 4.80. The van der Waals surface area contributed by atoms with Gasteiger partial charge in [-0.25, -0.2) is 0 Å². The lowest BCUT2D eigenvalue weighted by atomic mass is 10.0. The summed E-state index contributed by atoms with van der Waals surface area (Å²) in [6.45, 7) is 6.71. The van der Waals surface area contributed by atoms with Crippen molar-refractivity contribution in [2.24, 2.45) is 4.99 Å². The van der Waals surface area contributed by atoms with Crippen molar-refractivity contribution in [1.29, 1.82) is 0 Å². The van der Waals surface area contributed by atoms with Gasteiger partial charge in [0, 0.05) is 11.3 Å². The summed E-state index contributed by atoms with van der Waals surface area (Å²) in [4.78, 5) is 4.80. The Morgan fingerprint density at radius 3 is 2.74 bits per heavy atom. The minimum absolute atomic E-state index is 0.239. The molecule has 0 saturated carbocycles. The average molecular weight is 276 g/mol. The first-order valence-electron chi connectivity index (χ1n) is 7.14. The molecule has 0 bridgehead atoms. The number of nitrogens with one attached hydrogen (secondary N) is 1. The molecule has 104 valence electrons. The topological polar surface area (TPSA) is 24.4 Å². The van der Waals surface area contributed by atoms with Crippen molar-refractivity contribution in [3.8, 4) is 0 Å². The highest BCUT2D eigenvalue weighted by atomic mass is 32.2. The predicted octanol–water partition coefficient (Wildman–Crippen LogP) is 3.87. The number of benzene rings is 1. The van der Waals surface area contributed by atoms with Gasteiger partial charge in [-0.15, -0.1) is 0 Å². The highest BCUT2D eigenvalue weighted by Crippen LogP contribution is 2.26. The fraction of sp³-hybridized carbons (Fsp3) is 0.562. The standard InChI is InChI=1S/C16H24N2S/c1-4-16(3)12-19-15(18-16)17-13(2)10-11-14-8-6-5-7-9-14/h5-9,13H,4,10-12H2,1-3H3,(H,17,18). The van der Waals surface area contributed by atoms with Gasteiger partial charge < -0.3 is 5.32 Å². The van der Waals surface area contributed by atoms with E-state index in [0.717, 1.165) is 30.2 Å². The Kier molecular flexibility index (Phi) is 4.92. The van der Waals surface area contributed by atoms with E-state index in [0.29, 0.717) is 6.04 Å². The molecule has 0 spiro atoms. The molecule has 1 aliphatic heterocycles. The molecule has 1 N–H and O–H groups in total. The molecule has 1 aromatic carbocycles. The van der Waals surface area contributed by atoms with Crippen LogP contribution in [0.1, 0.15) is 39.2 Å². The number of nitrogens with zero attached hydrogens (tertiary/aromatic N) is 1. The number of hydrogen-bond acceptors (Lipinski definition) is 2. The lowest BCUT2D eigenvalue weighted by molar-refractivity contribution is 0.465. The van der Waals surface area contributed by atoms with Crippen molar-refractivity contribution in [3.05, 3.63) is 35.9 Å². The smallest absolute Gasteiger partial charge is 0.157 e. The number of rotatable bonds is 5. The number of aryl methyl sites for hydroxylation is 1. The van der Waals surface area contributed by atoms with Gasteiger partial charge in [0.1, 0.15) is 0 Å². The summed E-state index contributed by atoms with van der Waals surface area (Å²) in [5.74, 6) is 1.13. The van der Waals surface area contributed by atoms with Crippen molar-refractivity contribution >= 4 is 16.9 Å². The quantitative estimate of drug-likeness (QED) is 0.883. The monoisotopic (exact) mass is 276 g/mol. The van der Waals surface area contributed by atoms with Gasteiger partial charge in [-0.05, 0) is 38.7 Å². The Morgan fingerprint density at radius 2 is 2.11 bits per heavy atom. The molecular formula is C16H24N2S. The van der Waals surface area contributed by atoms with Gasteiger partial charge in [-0.1, -0.05) is 49.0 Å². The van der Waals surface area contributed by atoms with Crippen LogP contribution in [0.2, 0.25) is 0 Å². The maximum atomic E-state index is 4.80. The van der Waals surface area contributed by atoms with Crippen LogP contribution in [0, 0.1) is 0 Å². The molecular weight excluding hydrogens is 252 g/mol. The van der Waals surface area contributed by atoms with Crippen LogP contribution >= 0.6 is 11.8 Å². The van der Waals surface area contributed by atoms with Crippen LogP contribution in [0.4, 0.5) is 0 Å². The van der Waals surface area contributed by atoms with Gasteiger partial charge in [0.25, 0.3) is 0 Å². The Bertz CT molecular complexity index is 430. The minimum Gasteiger partial charge on any atom is -0.359 e. The average Bonchev–Trinajstić information content (AvgIpc) is 2.80. The SMILES string of the molecule is CCC1(C)CSC(=NC(C)CCc2ccccc2)N1. The molecule has 0 aliphatic carbocycles. The summed E-state index contributed by atoms with van der Waals surface area (Å²) in [6, 6.07) is 11.0. The van der Waals surface area contributed by atoms with E-state index >= 15 is 0 Å². The van der Waals surface area contributed by atoms with Crippen molar-refractivity contribution in [1.82, 2.24) is 5.32 Å². The second-order valence-electron chi connectivity index (χ2n) is 5.64. The van der Waals surface area contributed by atoms with E-state index < -0.39 is 0 Å². The van der Waals surface area contributed by atoms with Crippen molar-refractivity contribution in [2.75, 3.05) is 5.75 Å². The van der Waals surface area contributed by atoms with Gasteiger partial charge in [0.2, 0.25) is 0 Å². The van der Waals surface area contributed by atoms with Crippen molar-refractivity contribution in [3.63, 3.8) is 0 Å². The molecule has 2 unspecified atom stereocenters. The van der Waals surface area contributed by atoms with Gasteiger partial charge >= 0.3 is 0 Å². The molecule has 2 nitrogen and oxygen atoms in total. The van der Waals surface area contributed by atoms with Gasteiger partial charge in [-0.3, -0.25) is 4.99 Å². The van der Waals surface area contributed by atoms with Crippen LogP contribution in [-0.4, -0.2) is 22.5 Å². The highest BCUT2D eigenvalue weighted by molar-refractivity contribution is 8.14. The first-order chi connectivity index (χ1) is 9.11. The molecule has 1 fully saturated rings. The molecule has 1 aromatic rings. The predicted molar refractivity (Wildman–Crippen MR) is 85.9 cm³/mol. The van der Waals surface area contributed by atoms with E-state index in [-0.39, 0.29) is 5.54 Å². The Labute approximate surface area is 121 Å². The molecule has 1 saturated heterocycles. The zero-order valence-electron chi connectivity index (χ0n) is 12.1. The lowest BCUT2D eigenvalue weighted by Gasteiger charge is -2.21. The summed E-state index contributed by atoms with van der Waals surface area (Å²) in [5, 5.41) is 4.69. The number of thioether (sulfide) groups is 1. The minimum atomic E-state index is 0.239. The summed E-state index contributed by atoms with van der Waals surface area (Å²) >= 11 is 1.86. The fourth-order valence-corrected chi connectivity index (χ4v) is 3.41. The van der Waals surface area contributed by atoms with E-state index in [1.54, 1.807) is 0 Å². The summed E-state index contributed by atoms with van der Waals surface area (Å²) in [6.07, 6.45) is 3.37. The number of aliphatic imine (C=N–C) groups is 1. The molecule has 0 amide bonds. The maximum Gasteiger partial charge on any atom is 0.157 e. The molecule has 19 heavy (non-hydrogen) atoms. The Balaban J connectivity index is 1.83. The van der Waals surface area contributed by atoms with E-state index in [1.165, 1.54) is 5.56 Å². The Morgan fingerprint density at radius 1 is 1.37 bits per heavy atom. The van der Waals surface area contributed by atoms with Crippen LogP contribution in [0.5, 0.6) is 0 Å². The lowest BCUT2D eigenvalue weighted by Crippen LogP contribution is -2.39. The molecule has 2 rings (SSSR count). The Hall–Kier alpha value is -0.960. The van der Waals surface area contributed by atoms with Crippen LogP contribution in [0.25, 0.3) is 0 Å². The van der Waals surface area contributed by atoms with E-state index in [9.17, 15) is 0 Å². The van der Waals surface area contributed by atoms with Crippen molar-refractivity contribution < 1.29 is 0 Å². The molecule has 0 aromatic heterocycles. The summed E-state index contributed by atoms with van der Waals surface area (Å²) in [5.41, 5.74) is 1.64. The van der Waals surface area contributed by atoms with E-state index in [2.05, 4.69) is 56.4 Å². The summed E-state index contributed by atoms with van der Waals surface area (Å²) < 4.78 is 0. The zero-order valence-corrected chi connectivity index (χ0v) is 13.0. The number of amidine groups is 1. The van der Waals surface area contributed by atoms with Crippen LogP contribution in [0.3, 0.4) is 0 Å². The molecule has 1 heterocycles. The van der Waals surface area contributed by atoms with Crippen LogP contribution in [0.15, 0.2) is 35.3 Å². The molecule has 1 aliphatic rings. The van der Waals surface area contributed by atoms with Gasteiger partial charge in [-0.2, -0.15) is 0 Å². The first kappa shape index (κ1) is 14.4. The zero-order chi connectivity index (χ0) is 13.7. The molecule has 0 radical (unpaired) electrons. The third kappa shape index (κ3) is 4.27. The second-order valence-corrected chi connectivity index (χ2v) is 6.60. The third-order valence-corrected chi connectivity index (χ3v) is 5.01. The molecule has 2 atom stereocenters. The first-order valence-corrected chi connectivity index (χ1v) is 8.12. The van der Waals surface area contributed by atoms with E-state index in [1.807, 2.05) is 11.8 Å². The molecule has 3 heteroatoms. The van der Waals surface area contributed by atoms with E-state index in [4.69, 9.17) is 4.99 Å². The fourth-order valence-electron chi connectivity index (χ4n) is 2.10. The number of hydrogen-bond donors (Lipinski definition) is 1. The van der Waals surface area contributed by atoms with Gasteiger partial charge in [0.05, 0.1) is 6.04 Å². The highest BCUT2D eigenvalue weighted by Gasteiger charge is 2.30. The van der Waals surface area contributed by atoms with Gasteiger partial charge in [0.15, 0.2) is 5.17 Å². The van der Waals surface area contributed by atoms with Crippen LogP contribution < -0.4 is 5.32 Å².